The second-order valence-corrected chi connectivity index (χ2v) is 12.7. The van der Waals surface area contributed by atoms with E-state index < -0.39 is 33.1 Å². The third kappa shape index (κ3) is 4.37. The van der Waals surface area contributed by atoms with Gasteiger partial charge in [-0.25, -0.2) is 0 Å². The summed E-state index contributed by atoms with van der Waals surface area (Å²) in [5.41, 5.74) is 3.14. The molecule has 5 aromatic carbocycles. The van der Waals surface area contributed by atoms with Crippen LogP contribution in [0.15, 0.2) is 140 Å². The quantitative estimate of drug-likeness (QED) is 0.212. The Hall–Kier alpha value is -4.02. The van der Waals surface area contributed by atoms with E-state index >= 15 is 4.57 Å². The predicted octanol–water partition coefficient (Wildman–Crippen LogP) is 5.68. The summed E-state index contributed by atoms with van der Waals surface area (Å²) < 4.78 is 42.1. The lowest BCUT2D eigenvalue weighted by molar-refractivity contribution is 0.187. The molecule has 194 valence electrons. The van der Waals surface area contributed by atoms with Crippen molar-refractivity contribution in [1.82, 2.24) is 0 Å². The molecule has 0 spiro atoms. The van der Waals surface area contributed by atoms with Crippen LogP contribution in [0.25, 0.3) is 0 Å². The standard InChI is InChI=1S/C32H25B2O5P/c35-40(26-18-8-3-9-19-26,31-27-20-10-12-22-29(27)36-33(38-31)24-14-4-1-5-15-24)32-28-21-11-13-23-30(28)37-34(39-32)25-16-6-2-7-17-25/h1-23,31-32H/t31-,32-/m1/s1. The summed E-state index contributed by atoms with van der Waals surface area (Å²) in [5.74, 6) is -0.386. The Kier molecular flexibility index (Phi) is 6.57. The molecule has 7 rings (SSSR count). The molecule has 0 saturated carbocycles. The summed E-state index contributed by atoms with van der Waals surface area (Å²) >= 11 is 0. The largest absolute Gasteiger partial charge is 0.563 e. The molecule has 8 heteroatoms. The van der Waals surface area contributed by atoms with Gasteiger partial charge in [-0.1, -0.05) is 127 Å². The van der Waals surface area contributed by atoms with Crippen LogP contribution in [0.5, 0.6) is 11.5 Å². The lowest BCUT2D eigenvalue weighted by Crippen LogP contribution is -2.46. The van der Waals surface area contributed by atoms with Crippen molar-refractivity contribution < 1.29 is 23.2 Å². The Balaban J connectivity index is 1.43. The smallest absolute Gasteiger partial charge is 0.532 e. The zero-order valence-electron chi connectivity index (χ0n) is 21.6. The third-order valence-corrected chi connectivity index (χ3v) is 10.6. The highest BCUT2D eigenvalue weighted by Gasteiger charge is 2.53. The van der Waals surface area contributed by atoms with Crippen LogP contribution in [0.2, 0.25) is 0 Å². The lowest BCUT2D eigenvalue weighted by Gasteiger charge is -2.42. The van der Waals surface area contributed by atoms with Crippen LogP contribution >= 0.6 is 7.14 Å². The van der Waals surface area contributed by atoms with Gasteiger partial charge in [-0.2, -0.15) is 0 Å². The fourth-order valence-electron chi connectivity index (χ4n) is 5.41. The van der Waals surface area contributed by atoms with Crippen molar-refractivity contribution in [3.63, 3.8) is 0 Å². The fraction of sp³-hybridized carbons (Fsp3) is 0.0625. The Morgan fingerprint density at radius 2 is 0.850 bits per heavy atom. The molecule has 2 aliphatic heterocycles. The second kappa shape index (κ2) is 10.5. The van der Waals surface area contributed by atoms with E-state index in [0.29, 0.717) is 16.8 Å². The summed E-state index contributed by atoms with van der Waals surface area (Å²) in [4.78, 5) is 0. The van der Waals surface area contributed by atoms with Crippen molar-refractivity contribution in [2.45, 2.75) is 11.7 Å². The minimum Gasteiger partial charge on any atom is -0.532 e. The number of rotatable bonds is 5. The van der Waals surface area contributed by atoms with Crippen molar-refractivity contribution in [2.75, 3.05) is 0 Å². The zero-order chi connectivity index (χ0) is 26.9. The van der Waals surface area contributed by atoms with E-state index in [9.17, 15) is 0 Å². The van der Waals surface area contributed by atoms with Gasteiger partial charge in [0.2, 0.25) is 0 Å². The minimum absolute atomic E-state index is 0.642. The van der Waals surface area contributed by atoms with E-state index in [2.05, 4.69) is 0 Å². The van der Waals surface area contributed by atoms with Crippen molar-refractivity contribution in [2.24, 2.45) is 0 Å². The average Bonchev–Trinajstić information content (AvgIpc) is 3.04. The molecule has 2 atom stereocenters. The molecule has 40 heavy (non-hydrogen) atoms. The number of para-hydroxylation sites is 2. The van der Waals surface area contributed by atoms with Gasteiger partial charge in [-0.3, -0.25) is 0 Å². The van der Waals surface area contributed by atoms with Gasteiger partial charge in [0.05, 0.1) is 0 Å². The van der Waals surface area contributed by atoms with Crippen LogP contribution in [0.3, 0.4) is 0 Å². The molecule has 0 N–H and O–H groups in total. The van der Waals surface area contributed by atoms with E-state index in [-0.39, 0.29) is 0 Å². The third-order valence-electron chi connectivity index (χ3n) is 7.34. The number of fused-ring (bicyclic) bond motifs is 2. The van der Waals surface area contributed by atoms with Gasteiger partial charge in [0.15, 0.2) is 7.14 Å². The number of benzene rings is 5. The van der Waals surface area contributed by atoms with Gasteiger partial charge in [0.1, 0.15) is 23.2 Å². The van der Waals surface area contributed by atoms with Gasteiger partial charge in [-0.05, 0) is 23.1 Å². The van der Waals surface area contributed by atoms with Gasteiger partial charge in [0, 0.05) is 16.4 Å². The lowest BCUT2D eigenvalue weighted by atomic mass is 9.77. The molecule has 0 bridgehead atoms. The van der Waals surface area contributed by atoms with Crippen LogP contribution in [0.4, 0.5) is 0 Å². The van der Waals surface area contributed by atoms with Gasteiger partial charge in [-0.15, -0.1) is 0 Å². The van der Waals surface area contributed by atoms with Crippen molar-refractivity contribution in [3.8, 4) is 11.5 Å². The second-order valence-electron chi connectivity index (χ2n) is 9.82. The molecule has 0 aliphatic carbocycles. The molecule has 0 unspecified atom stereocenters. The molecular formula is C32H25B2O5P. The summed E-state index contributed by atoms with van der Waals surface area (Å²) in [5, 5.41) is 0.664. The maximum Gasteiger partial charge on any atom is 0.563 e. The molecule has 0 amide bonds. The Labute approximate surface area is 234 Å². The Morgan fingerprint density at radius 3 is 1.30 bits per heavy atom. The SMILES string of the molecule is O=P(c1ccccc1)([C@H]1OB(c2ccccc2)Oc2ccccc21)[C@H]1OB(c2ccccc2)Oc2ccccc21. The van der Waals surface area contributed by atoms with Crippen molar-refractivity contribution >= 4 is 37.6 Å². The highest BCUT2D eigenvalue weighted by atomic mass is 31.2. The summed E-state index contributed by atoms with van der Waals surface area (Å²) in [7, 11) is -5.08. The summed E-state index contributed by atoms with van der Waals surface area (Å²) in [6, 6.07) is 44.3. The van der Waals surface area contributed by atoms with Gasteiger partial charge in [0.25, 0.3) is 0 Å². The highest BCUT2D eigenvalue weighted by Crippen LogP contribution is 2.71. The Morgan fingerprint density at radius 1 is 0.475 bits per heavy atom. The molecule has 5 nitrogen and oxygen atoms in total. The highest BCUT2D eigenvalue weighted by molar-refractivity contribution is 7.72. The van der Waals surface area contributed by atoms with E-state index in [1.807, 2.05) is 140 Å². The monoisotopic (exact) mass is 542 g/mol. The first-order valence-corrected chi connectivity index (χ1v) is 15.1. The molecule has 0 fully saturated rings. The first-order chi connectivity index (χ1) is 19.7. The molecule has 2 aliphatic rings. The van der Waals surface area contributed by atoms with Crippen LogP contribution < -0.4 is 25.5 Å². The van der Waals surface area contributed by atoms with E-state index in [1.54, 1.807) is 0 Å². The average molecular weight is 542 g/mol. The van der Waals surface area contributed by atoms with Crippen LogP contribution in [-0.2, 0) is 13.9 Å². The maximum absolute atomic E-state index is 16.0. The molecule has 0 saturated heterocycles. The normalized spacial score (nSPS) is 18.2. The zero-order valence-corrected chi connectivity index (χ0v) is 22.5. The summed E-state index contributed by atoms with van der Waals surface area (Å²) in [6.07, 6.45) is 0. The van der Waals surface area contributed by atoms with Crippen molar-refractivity contribution in [3.05, 3.63) is 151 Å². The fourth-order valence-corrected chi connectivity index (χ4v) is 8.67. The minimum atomic E-state index is -3.61. The van der Waals surface area contributed by atoms with Gasteiger partial charge < -0.3 is 23.2 Å². The first kappa shape index (κ1) is 25.0. The van der Waals surface area contributed by atoms with Crippen LogP contribution in [-0.4, -0.2) is 14.2 Å². The number of hydrogen-bond acceptors (Lipinski definition) is 5. The summed E-state index contributed by atoms with van der Waals surface area (Å²) in [6.45, 7) is 0. The molecule has 0 aromatic heterocycles. The Bertz CT molecular complexity index is 1570. The topological polar surface area (TPSA) is 54.0 Å². The molecule has 0 radical (unpaired) electrons. The molecule has 2 heterocycles. The van der Waals surface area contributed by atoms with Gasteiger partial charge >= 0.3 is 14.2 Å². The molecule has 5 aromatic rings. The predicted molar refractivity (Wildman–Crippen MR) is 159 cm³/mol. The van der Waals surface area contributed by atoms with Crippen molar-refractivity contribution in [1.29, 1.82) is 0 Å². The van der Waals surface area contributed by atoms with Crippen LogP contribution in [0.1, 0.15) is 22.8 Å². The maximum atomic E-state index is 16.0. The van der Waals surface area contributed by atoms with E-state index in [1.165, 1.54) is 0 Å². The van der Waals surface area contributed by atoms with Crippen LogP contribution in [0, 0.1) is 0 Å². The first-order valence-electron chi connectivity index (χ1n) is 13.3. The van der Waals surface area contributed by atoms with E-state index in [4.69, 9.17) is 18.6 Å². The van der Waals surface area contributed by atoms with E-state index in [0.717, 1.165) is 22.1 Å². The molecular weight excluding hydrogens is 517 g/mol. The number of hydrogen-bond donors (Lipinski definition) is 0.